The minimum Gasteiger partial charge on any atom is -0.313 e. The summed E-state index contributed by atoms with van der Waals surface area (Å²) in [5, 5.41) is 0. The van der Waals surface area contributed by atoms with E-state index in [1.165, 1.54) is 6.07 Å². The molecule has 0 unspecified atom stereocenters. The summed E-state index contributed by atoms with van der Waals surface area (Å²) in [5.41, 5.74) is 0.203. The van der Waals surface area contributed by atoms with E-state index < -0.39 is 35.3 Å². The minimum absolute atomic E-state index is 0.282. The zero-order chi connectivity index (χ0) is 25.9. The Morgan fingerprint density at radius 1 is 0.750 bits per heavy atom. The van der Waals surface area contributed by atoms with E-state index in [4.69, 9.17) is 4.74 Å². The number of ether oxygens (including phenoxy) is 1. The predicted octanol–water partition coefficient (Wildman–Crippen LogP) is 9.31. The van der Waals surface area contributed by atoms with Crippen molar-refractivity contribution in [3.05, 3.63) is 82.7 Å². The van der Waals surface area contributed by atoms with Gasteiger partial charge in [0.2, 0.25) is 0 Å². The molecule has 2 aliphatic rings. The smallest absolute Gasteiger partial charge is 0.313 e. The van der Waals surface area contributed by atoms with Crippen LogP contribution in [0.3, 0.4) is 0 Å². The van der Waals surface area contributed by atoms with Crippen molar-refractivity contribution in [1.29, 1.82) is 0 Å². The maximum atomic E-state index is 14.5. The molecular weight excluding hydrogens is 478 g/mol. The van der Waals surface area contributed by atoms with Crippen LogP contribution < -0.4 is 0 Å². The molecule has 0 aliphatic heterocycles. The second-order valence-electron chi connectivity index (χ2n) is 10.3. The lowest BCUT2D eigenvalue weighted by Crippen LogP contribution is -2.30. The maximum Gasteiger partial charge on any atom is 0.416 e. The van der Waals surface area contributed by atoms with Gasteiger partial charge in [-0.05, 0) is 111 Å². The lowest BCUT2D eigenvalue weighted by Gasteiger charge is -2.31. The van der Waals surface area contributed by atoms with Gasteiger partial charge in [-0.2, -0.15) is 22.0 Å². The van der Waals surface area contributed by atoms with E-state index in [1.807, 2.05) is 0 Å². The van der Waals surface area contributed by atoms with Crippen LogP contribution in [0.5, 0.6) is 0 Å². The highest BCUT2D eigenvalue weighted by atomic mass is 19.4. The third kappa shape index (κ3) is 6.72. The largest absolute Gasteiger partial charge is 0.416 e. The van der Waals surface area contributed by atoms with E-state index in [0.717, 1.165) is 68.4 Å². The standard InChI is InChI=1S/C29H32F6O/c1-19-2-17-26(27(30)18-19)29(34,35)36-25-15-7-21(8-16-25)4-3-20-5-9-22(10-6-20)23-11-13-24(14-12-23)28(31,32)33/h2-4,11-14,17-18,20-22,25H,5-10,15-16H2,1H3/b4-3+. The quantitative estimate of drug-likeness (QED) is 0.278. The molecule has 2 aromatic carbocycles. The van der Waals surface area contributed by atoms with Crippen molar-refractivity contribution in [2.45, 2.75) is 82.6 Å². The van der Waals surface area contributed by atoms with Crippen molar-refractivity contribution >= 4 is 0 Å². The number of rotatable bonds is 6. The Morgan fingerprint density at radius 3 is 1.83 bits per heavy atom. The van der Waals surface area contributed by atoms with Gasteiger partial charge in [0.25, 0.3) is 0 Å². The molecule has 2 aliphatic carbocycles. The Morgan fingerprint density at radius 2 is 1.31 bits per heavy atom. The average molecular weight is 511 g/mol. The Balaban J connectivity index is 1.21. The van der Waals surface area contributed by atoms with E-state index >= 15 is 0 Å². The molecule has 0 bridgehead atoms. The molecule has 2 fully saturated rings. The average Bonchev–Trinajstić information content (AvgIpc) is 2.83. The van der Waals surface area contributed by atoms with Gasteiger partial charge >= 0.3 is 12.3 Å². The van der Waals surface area contributed by atoms with Crippen molar-refractivity contribution < 1.29 is 31.1 Å². The molecule has 4 rings (SSSR count). The molecule has 0 aromatic heterocycles. The zero-order valence-corrected chi connectivity index (χ0v) is 20.3. The van der Waals surface area contributed by atoms with Crippen molar-refractivity contribution in [2.24, 2.45) is 11.8 Å². The fraction of sp³-hybridized carbons (Fsp3) is 0.517. The third-order valence-electron chi connectivity index (χ3n) is 7.61. The molecule has 0 spiro atoms. The second-order valence-corrected chi connectivity index (χ2v) is 10.3. The lowest BCUT2D eigenvalue weighted by atomic mass is 9.77. The zero-order valence-electron chi connectivity index (χ0n) is 20.3. The van der Waals surface area contributed by atoms with Crippen LogP contribution in [-0.2, 0) is 17.0 Å². The minimum atomic E-state index is -4.31. The molecule has 0 radical (unpaired) electrons. The van der Waals surface area contributed by atoms with E-state index in [9.17, 15) is 26.3 Å². The highest BCUT2D eigenvalue weighted by Crippen LogP contribution is 2.40. The van der Waals surface area contributed by atoms with E-state index in [-0.39, 0.29) is 5.92 Å². The fourth-order valence-corrected chi connectivity index (χ4v) is 5.43. The lowest BCUT2D eigenvalue weighted by molar-refractivity contribution is -0.279. The molecule has 0 atom stereocenters. The SMILES string of the molecule is Cc1ccc(C(F)(F)OC2CCC(/C=C/C3CCC(c4ccc(C(F)(F)F)cc4)CC3)CC2)c(F)c1. The number of hydrogen-bond donors (Lipinski definition) is 0. The van der Waals surface area contributed by atoms with Crippen LogP contribution >= 0.6 is 0 Å². The molecular formula is C29H32F6O. The summed E-state index contributed by atoms with van der Waals surface area (Å²) >= 11 is 0. The summed E-state index contributed by atoms with van der Waals surface area (Å²) in [6, 6.07) is 9.15. The predicted molar refractivity (Wildman–Crippen MR) is 127 cm³/mol. The van der Waals surface area contributed by atoms with Gasteiger partial charge in [-0.15, -0.1) is 0 Å². The summed E-state index contributed by atoms with van der Waals surface area (Å²) in [5.74, 6) is 0.0648. The Kier molecular flexibility index (Phi) is 8.18. The molecule has 0 amide bonds. The number of allylic oxidation sites excluding steroid dienone is 2. The first-order valence-corrected chi connectivity index (χ1v) is 12.7. The first-order chi connectivity index (χ1) is 17.0. The molecule has 0 N–H and O–H groups in total. The van der Waals surface area contributed by atoms with Crippen molar-refractivity contribution in [3.63, 3.8) is 0 Å². The summed E-state index contributed by atoms with van der Waals surface area (Å²) in [6.07, 6.45) is 2.16. The first-order valence-electron chi connectivity index (χ1n) is 12.7. The van der Waals surface area contributed by atoms with Crippen LogP contribution in [0.4, 0.5) is 26.3 Å². The number of halogens is 6. The Hall–Kier alpha value is -2.28. The molecule has 196 valence electrons. The van der Waals surface area contributed by atoms with Gasteiger partial charge in [0.05, 0.1) is 17.2 Å². The second kappa shape index (κ2) is 11.0. The molecule has 0 heterocycles. The molecule has 2 aromatic rings. The van der Waals surface area contributed by atoms with Gasteiger partial charge < -0.3 is 4.74 Å². The van der Waals surface area contributed by atoms with Crippen LogP contribution in [0, 0.1) is 24.6 Å². The number of benzene rings is 2. The summed E-state index contributed by atoms with van der Waals surface area (Å²) in [6.45, 7) is 1.64. The van der Waals surface area contributed by atoms with Gasteiger partial charge in [0, 0.05) is 0 Å². The summed E-state index contributed by atoms with van der Waals surface area (Å²) in [7, 11) is 0. The number of hydrogen-bond acceptors (Lipinski definition) is 1. The maximum absolute atomic E-state index is 14.5. The van der Waals surface area contributed by atoms with Gasteiger partial charge in [-0.1, -0.05) is 30.4 Å². The van der Waals surface area contributed by atoms with Crippen molar-refractivity contribution in [2.75, 3.05) is 0 Å². The first kappa shape index (κ1) is 26.8. The van der Waals surface area contributed by atoms with Crippen molar-refractivity contribution in [1.82, 2.24) is 0 Å². The van der Waals surface area contributed by atoms with Crippen LogP contribution in [0.25, 0.3) is 0 Å². The molecule has 1 nitrogen and oxygen atoms in total. The highest BCUT2D eigenvalue weighted by Gasteiger charge is 2.39. The highest BCUT2D eigenvalue weighted by molar-refractivity contribution is 5.28. The van der Waals surface area contributed by atoms with Gasteiger partial charge in [0.15, 0.2) is 0 Å². The number of aryl methyl sites for hydroxylation is 1. The van der Waals surface area contributed by atoms with Crippen LogP contribution in [0.2, 0.25) is 0 Å². The molecule has 36 heavy (non-hydrogen) atoms. The molecule has 0 saturated heterocycles. The van der Waals surface area contributed by atoms with Gasteiger partial charge in [-0.25, -0.2) is 4.39 Å². The fourth-order valence-electron chi connectivity index (χ4n) is 5.43. The van der Waals surface area contributed by atoms with E-state index in [2.05, 4.69) is 12.2 Å². The third-order valence-corrected chi connectivity index (χ3v) is 7.61. The van der Waals surface area contributed by atoms with Gasteiger partial charge in [0.1, 0.15) is 5.82 Å². The normalized spacial score (nSPS) is 25.9. The van der Waals surface area contributed by atoms with Crippen molar-refractivity contribution in [3.8, 4) is 0 Å². The summed E-state index contributed by atoms with van der Waals surface area (Å²) < 4.78 is 86.4. The molecule has 7 heteroatoms. The van der Waals surface area contributed by atoms with E-state index in [0.29, 0.717) is 30.2 Å². The van der Waals surface area contributed by atoms with Crippen LogP contribution in [-0.4, -0.2) is 6.10 Å². The monoisotopic (exact) mass is 510 g/mol. The van der Waals surface area contributed by atoms with Gasteiger partial charge in [-0.3, -0.25) is 0 Å². The number of alkyl halides is 5. The van der Waals surface area contributed by atoms with Crippen LogP contribution in [0.15, 0.2) is 54.6 Å². The van der Waals surface area contributed by atoms with Crippen LogP contribution in [0.1, 0.15) is 79.5 Å². The Labute approximate surface area is 208 Å². The molecule has 2 saturated carbocycles. The summed E-state index contributed by atoms with van der Waals surface area (Å²) in [4.78, 5) is 0. The van der Waals surface area contributed by atoms with E-state index in [1.54, 1.807) is 19.1 Å². The topological polar surface area (TPSA) is 9.23 Å². The Bertz CT molecular complexity index is 1030.